The Morgan fingerprint density at radius 3 is 2.75 bits per heavy atom. The van der Waals surface area contributed by atoms with E-state index in [1.54, 1.807) is 0 Å². The van der Waals surface area contributed by atoms with Gasteiger partial charge < -0.3 is 10.1 Å². The van der Waals surface area contributed by atoms with Gasteiger partial charge in [0.25, 0.3) is 0 Å². The molecule has 1 fully saturated rings. The van der Waals surface area contributed by atoms with Gasteiger partial charge in [0.15, 0.2) is 0 Å². The Balaban J connectivity index is 1.93. The molecule has 1 heterocycles. The molecular formula is C17H26ClNO. The van der Waals surface area contributed by atoms with Crippen molar-refractivity contribution in [3.63, 3.8) is 0 Å². The highest BCUT2D eigenvalue weighted by molar-refractivity contribution is 6.30. The monoisotopic (exact) mass is 295 g/mol. The number of hydrogen-bond acceptors (Lipinski definition) is 2. The van der Waals surface area contributed by atoms with Gasteiger partial charge in [0, 0.05) is 24.2 Å². The summed E-state index contributed by atoms with van der Waals surface area (Å²) in [6.07, 6.45) is 4.42. The fourth-order valence-corrected chi connectivity index (χ4v) is 3.28. The van der Waals surface area contributed by atoms with E-state index in [-0.39, 0.29) is 5.60 Å². The molecule has 1 aliphatic heterocycles. The summed E-state index contributed by atoms with van der Waals surface area (Å²) in [5.41, 5.74) is 2.68. The first kappa shape index (κ1) is 15.8. The van der Waals surface area contributed by atoms with Gasteiger partial charge in [-0.1, -0.05) is 31.5 Å². The van der Waals surface area contributed by atoms with Crippen molar-refractivity contribution < 1.29 is 4.74 Å². The predicted octanol–water partition coefficient (Wildman–Crippen LogP) is 4.48. The third kappa shape index (κ3) is 3.75. The standard InChI is InChI=1S/C17H26ClNO/c1-4-17(5-2)11-16(8-9-20-17)19-12-14-6-7-15(18)10-13(14)3/h6-7,10,16,19H,4-5,8-9,11-12H2,1-3H3. The highest BCUT2D eigenvalue weighted by Gasteiger charge is 2.34. The molecule has 0 bridgehead atoms. The van der Waals surface area contributed by atoms with Crippen molar-refractivity contribution in [2.75, 3.05) is 6.61 Å². The van der Waals surface area contributed by atoms with E-state index in [9.17, 15) is 0 Å². The van der Waals surface area contributed by atoms with Crippen LogP contribution in [0.15, 0.2) is 18.2 Å². The van der Waals surface area contributed by atoms with Crippen molar-refractivity contribution in [3.8, 4) is 0 Å². The van der Waals surface area contributed by atoms with E-state index in [1.165, 1.54) is 11.1 Å². The highest BCUT2D eigenvalue weighted by Crippen LogP contribution is 2.31. The lowest BCUT2D eigenvalue weighted by atomic mass is 9.86. The number of ether oxygens (including phenoxy) is 1. The molecule has 0 radical (unpaired) electrons. The minimum atomic E-state index is 0.0883. The smallest absolute Gasteiger partial charge is 0.0692 e. The number of rotatable bonds is 5. The summed E-state index contributed by atoms with van der Waals surface area (Å²) < 4.78 is 6.03. The molecule has 1 aromatic rings. The fraction of sp³-hybridized carbons (Fsp3) is 0.647. The zero-order valence-corrected chi connectivity index (χ0v) is 13.6. The van der Waals surface area contributed by atoms with Gasteiger partial charge in [-0.15, -0.1) is 0 Å². The van der Waals surface area contributed by atoms with Crippen LogP contribution in [0.5, 0.6) is 0 Å². The predicted molar refractivity (Wildman–Crippen MR) is 85.3 cm³/mol. The van der Waals surface area contributed by atoms with Crippen LogP contribution in [0.4, 0.5) is 0 Å². The number of nitrogens with one attached hydrogen (secondary N) is 1. The molecule has 1 N–H and O–H groups in total. The second-order valence-corrected chi connectivity index (χ2v) is 6.32. The lowest BCUT2D eigenvalue weighted by Crippen LogP contribution is -2.46. The summed E-state index contributed by atoms with van der Waals surface area (Å²) >= 11 is 6.00. The first-order valence-corrected chi connectivity index (χ1v) is 8.08. The molecule has 1 saturated heterocycles. The van der Waals surface area contributed by atoms with Crippen molar-refractivity contribution in [1.82, 2.24) is 5.32 Å². The molecule has 112 valence electrons. The molecule has 3 heteroatoms. The van der Waals surface area contributed by atoms with Crippen molar-refractivity contribution in [2.45, 2.75) is 64.6 Å². The zero-order valence-electron chi connectivity index (χ0n) is 12.8. The second kappa shape index (κ2) is 6.93. The molecule has 1 atom stereocenters. The third-order valence-electron chi connectivity index (χ3n) is 4.67. The molecule has 0 aliphatic carbocycles. The van der Waals surface area contributed by atoms with Crippen molar-refractivity contribution >= 4 is 11.6 Å². The molecule has 2 nitrogen and oxygen atoms in total. The maximum absolute atomic E-state index is 6.03. The van der Waals surface area contributed by atoms with Crippen LogP contribution in [0.1, 0.15) is 50.7 Å². The third-order valence-corrected chi connectivity index (χ3v) is 4.90. The molecule has 20 heavy (non-hydrogen) atoms. The Hall–Kier alpha value is -0.570. The van der Waals surface area contributed by atoms with Gasteiger partial charge in [0.05, 0.1) is 5.60 Å². The molecule has 0 aromatic heterocycles. The molecule has 0 spiro atoms. The first-order valence-electron chi connectivity index (χ1n) is 7.71. The minimum absolute atomic E-state index is 0.0883. The number of halogens is 1. The topological polar surface area (TPSA) is 21.3 Å². The Morgan fingerprint density at radius 2 is 2.10 bits per heavy atom. The normalized spacial score (nSPS) is 21.9. The first-order chi connectivity index (χ1) is 9.58. The van der Waals surface area contributed by atoms with E-state index >= 15 is 0 Å². The van der Waals surface area contributed by atoms with Gasteiger partial charge in [0.1, 0.15) is 0 Å². The molecule has 1 unspecified atom stereocenters. The quantitative estimate of drug-likeness (QED) is 0.865. The maximum atomic E-state index is 6.03. The van der Waals surface area contributed by atoms with E-state index in [0.29, 0.717) is 6.04 Å². The molecule has 1 aromatic carbocycles. The van der Waals surface area contributed by atoms with Crippen LogP contribution in [0.25, 0.3) is 0 Å². The lowest BCUT2D eigenvalue weighted by Gasteiger charge is -2.40. The van der Waals surface area contributed by atoms with Crippen LogP contribution in [0.3, 0.4) is 0 Å². The molecular weight excluding hydrogens is 270 g/mol. The van der Waals surface area contributed by atoms with Gasteiger partial charge in [-0.2, -0.15) is 0 Å². The average molecular weight is 296 g/mol. The average Bonchev–Trinajstić information content (AvgIpc) is 2.46. The van der Waals surface area contributed by atoms with E-state index in [1.807, 2.05) is 12.1 Å². The molecule has 2 rings (SSSR count). The van der Waals surface area contributed by atoms with Crippen molar-refractivity contribution in [1.29, 1.82) is 0 Å². The number of hydrogen-bond donors (Lipinski definition) is 1. The van der Waals surface area contributed by atoms with Crippen molar-refractivity contribution in [3.05, 3.63) is 34.3 Å². The largest absolute Gasteiger partial charge is 0.375 e. The molecule has 1 aliphatic rings. The van der Waals surface area contributed by atoms with Crippen LogP contribution in [-0.2, 0) is 11.3 Å². The lowest BCUT2D eigenvalue weighted by molar-refractivity contribution is -0.0932. The summed E-state index contributed by atoms with van der Waals surface area (Å²) in [5.74, 6) is 0. The van der Waals surface area contributed by atoms with Gasteiger partial charge >= 0.3 is 0 Å². The Kier molecular flexibility index (Phi) is 5.48. The van der Waals surface area contributed by atoms with Crippen LogP contribution < -0.4 is 5.32 Å². The van der Waals surface area contributed by atoms with E-state index in [2.05, 4.69) is 32.2 Å². The van der Waals surface area contributed by atoms with Gasteiger partial charge in [-0.3, -0.25) is 0 Å². The van der Waals surface area contributed by atoms with Crippen LogP contribution in [0.2, 0.25) is 5.02 Å². The highest BCUT2D eigenvalue weighted by atomic mass is 35.5. The van der Waals surface area contributed by atoms with Crippen molar-refractivity contribution in [2.24, 2.45) is 0 Å². The number of aryl methyl sites for hydroxylation is 1. The van der Waals surface area contributed by atoms with Crippen LogP contribution in [-0.4, -0.2) is 18.2 Å². The Bertz CT molecular complexity index is 443. The van der Waals surface area contributed by atoms with Gasteiger partial charge in [-0.05, 0) is 55.9 Å². The summed E-state index contributed by atoms with van der Waals surface area (Å²) in [4.78, 5) is 0. The van der Waals surface area contributed by atoms with Crippen LogP contribution in [0, 0.1) is 6.92 Å². The second-order valence-electron chi connectivity index (χ2n) is 5.88. The van der Waals surface area contributed by atoms with Gasteiger partial charge in [-0.25, -0.2) is 0 Å². The Labute approximate surface area is 127 Å². The maximum Gasteiger partial charge on any atom is 0.0692 e. The summed E-state index contributed by atoms with van der Waals surface area (Å²) in [6.45, 7) is 8.37. The van der Waals surface area contributed by atoms with E-state index < -0.39 is 0 Å². The van der Waals surface area contributed by atoms with E-state index in [4.69, 9.17) is 16.3 Å². The summed E-state index contributed by atoms with van der Waals surface area (Å²) in [7, 11) is 0. The van der Waals surface area contributed by atoms with Crippen LogP contribution >= 0.6 is 11.6 Å². The summed E-state index contributed by atoms with van der Waals surface area (Å²) in [5, 5.41) is 4.51. The molecule has 0 amide bonds. The zero-order chi connectivity index (χ0) is 14.6. The SMILES string of the molecule is CCC1(CC)CC(NCc2ccc(Cl)cc2C)CCO1. The number of benzene rings is 1. The minimum Gasteiger partial charge on any atom is -0.375 e. The van der Waals surface area contributed by atoms with Gasteiger partial charge in [0.2, 0.25) is 0 Å². The molecule has 0 saturated carbocycles. The fourth-order valence-electron chi connectivity index (χ4n) is 3.06. The Morgan fingerprint density at radius 1 is 1.35 bits per heavy atom. The van der Waals surface area contributed by atoms with E-state index in [0.717, 1.165) is 43.9 Å². The summed E-state index contributed by atoms with van der Waals surface area (Å²) in [6, 6.07) is 6.68.